The van der Waals surface area contributed by atoms with Crippen LogP contribution in [0.5, 0.6) is 0 Å². The highest BCUT2D eigenvalue weighted by Crippen LogP contribution is 2.24. The van der Waals surface area contributed by atoms with E-state index in [1.54, 1.807) is 4.57 Å². The smallest absolute Gasteiger partial charge is 0.264 e. The molecule has 0 fully saturated rings. The number of imidazole rings is 1. The van der Waals surface area contributed by atoms with Crippen LogP contribution in [0.3, 0.4) is 0 Å². The van der Waals surface area contributed by atoms with Gasteiger partial charge in [0.15, 0.2) is 0 Å². The summed E-state index contributed by atoms with van der Waals surface area (Å²) in [6.45, 7) is 0. The second-order valence-corrected chi connectivity index (χ2v) is 4.81. The maximum atomic E-state index is 12.7. The summed E-state index contributed by atoms with van der Waals surface area (Å²) >= 11 is 0. The van der Waals surface area contributed by atoms with E-state index in [2.05, 4.69) is 4.98 Å². The molecule has 2 aromatic carbocycles. The number of nitrogens with zero attached hydrogens (tertiary/aromatic N) is 2. The fraction of sp³-hybridized carbons (Fsp3) is 0.125. The van der Waals surface area contributed by atoms with Crippen molar-refractivity contribution in [2.45, 2.75) is 12.8 Å². The van der Waals surface area contributed by atoms with Gasteiger partial charge in [0.05, 0.1) is 11.0 Å². The summed E-state index contributed by atoms with van der Waals surface area (Å²) in [5, 5.41) is 0. The molecule has 1 aliphatic heterocycles. The van der Waals surface area contributed by atoms with Crippen LogP contribution in [0.25, 0.3) is 11.0 Å². The molecule has 0 radical (unpaired) electrons. The first kappa shape index (κ1) is 10.5. The molecule has 3 nitrogen and oxygen atoms in total. The predicted molar refractivity (Wildman–Crippen MR) is 73.3 cm³/mol. The monoisotopic (exact) mass is 248 g/mol. The Morgan fingerprint density at radius 3 is 2.68 bits per heavy atom. The van der Waals surface area contributed by atoms with Gasteiger partial charge in [-0.25, -0.2) is 4.98 Å². The molecule has 0 unspecified atom stereocenters. The number of benzene rings is 2. The number of aromatic nitrogens is 2. The van der Waals surface area contributed by atoms with Gasteiger partial charge in [-0.2, -0.15) is 0 Å². The van der Waals surface area contributed by atoms with Crippen LogP contribution in [0.4, 0.5) is 0 Å². The van der Waals surface area contributed by atoms with Gasteiger partial charge in [-0.3, -0.25) is 9.36 Å². The normalized spacial score (nSPS) is 14.0. The number of carbonyl (C=O) groups is 1. The van der Waals surface area contributed by atoms with E-state index in [-0.39, 0.29) is 5.91 Å². The number of hydrogen-bond acceptors (Lipinski definition) is 2. The Bertz CT molecular complexity index is 801. The number of para-hydroxylation sites is 2. The zero-order valence-corrected chi connectivity index (χ0v) is 10.3. The highest BCUT2D eigenvalue weighted by Gasteiger charge is 2.23. The van der Waals surface area contributed by atoms with Crippen molar-refractivity contribution in [2.24, 2.45) is 0 Å². The highest BCUT2D eigenvalue weighted by atomic mass is 16.2. The standard InChI is InChI=1S/C16H12N2O/c19-16-12-6-2-1-5-11(12)9-10-15-17-13-7-3-4-8-14(13)18(15)16/h1-8H,9-10H2. The first-order valence-corrected chi connectivity index (χ1v) is 6.43. The molecule has 1 aliphatic rings. The number of carbonyl (C=O) groups excluding carboxylic acids is 1. The molecule has 0 atom stereocenters. The summed E-state index contributed by atoms with van der Waals surface area (Å²) < 4.78 is 1.77. The molecule has 0 N–H and O–H groups in total. The molecule has 0 saturated carbocycles. The van der Waals surface area contributed by atoms with Crippen molar-refractivity contribution in [3.63, 3.8) is 0 Å². The van der Waals surface area contributed by atoms with Gasteiger partial charge in [0.2, 0.25) is 0 Å². The number of hydrogen-bond donors (Lipinski definition) is 0. The molecule has 1 aromatic heterocycles. The van der Waals surface area contributed by atoms with Crippen molar-refractivity contribution in [3.05, 3.63) is 65.5 Å². The van der Waals surface area contributed by atoms with Gasteiger partial charge in [-0.05, 0) is 30.2 Å². The minimum absolute atomic E-state index is 0.0387. The van der Waals surface area contributed by atoms with Crippen LogP contribution in [0.1, 0.15) is 21.7 Å². The SMILES string of the molecule is O=C1c2ccccc2CCc2nc3ccccc3n21. The van der Waals surface area contributed by atoms with Crippen LogP contribution in [0.15, 0.2) is 48.5 Å². The van der Waals surface area contributed by atoms with Gasteiger partial charge in [-0.15, -0.1) is 0 Å². The summed E-state index contributed by atoms with van der Waals surface area (Å²) in [4.78, 5) is 17.3. The van der Waals surface area contributed by atoms with Crippen LogP contribution >= 0.6 is 0 Å². The summed E-state index contributed by atoms with van der Waals surface area (Å²) in [6.07, 6.45) is 1.67. The molecule has 3 heteroatoms. The molecule has 92 valence electrons. The molecule has 2 heterocycles. The summed E-state index contributed by atoms with van der Waals surface area (Å²) in [5.41, 5.74) is 3.70. The lowest BCUT2D eigenvalue weighted by Gasteiger charge is -2.05. The van der Waals surface area contributed by atoms with Crippen LogP contribution in [0.2, 0.25) is 0 Å². The number of aryl methyl sites for hydroxylation is 2. The Balaban J connectivity index is 2.04. The van der Waals surface area contributed by atoms with E-state index < -0.39 is 0 Å². The topological polar surface area (TPSA) is 34.9 Å². The molecule has 4 rings (SSSR count). The van der Waals surface area contributed by atoms with E-state index in [0.29, 0.717) is 0 Å². The average molecular weight is 248 g/mol. The largest absolute Gasteiger partial charge is 0.268 e. The minimum Gasteiger partial charge on any atom is -0.268 e. The highest BCUT2D eigenvalue weighted by molar-refractivity contribution is 6.03. The Kier molecular flexibility index (Phi) is 2.09. The molecule has 0 bridgehead atoms. The molecule has 19 heavy (non-hydrogen) atoms. The first-order chi connectivity index (χ1) is 9.34. The molecular weight excluding hydrogens is 236 g/mol. The van der Waals surface area contributed by atoms with Crippen LogP contribution < -0.4 is 0 Å². The van der Waals surface area contributed by atoms with Gasteiger partial charge in [0.25, 0.3) is 5.91 Å². The number of rotatable bonds is 0. The van der Waals surface area contributed by atoms with Crippen LogP contribution in [-0.4, -0.2) is 15.5 Å². The Hall–Kier alpha value is -2.42. The molecule has 0 aliphatic carbocycles. The Morgan fingerprint density at radius 1 is 0.947 bits per heavy atom. The summed E-state index contributed by atoms with van der Waals surface area (Å²) in [5.74, 6) is 0.902. The second kappa shape index (κ2) is 3.79. The maximum absolute atomic E-state index is 12.7. The maximum Gasteiger partial charge on any atom is 0.264 e. The minimum atomic E-state index is 0.0387. The Morgan fingerprint density at radius 2 is 1.74 bits per heavy atom. The molecular formula is C16H12N2O. The van der Waals surface area contributed by atoms with Crippen molar-refractivity contribution in [1.82, 2.24) is 9.55 Å². The molecule has 0 spiro atoms. The van der Waals surface area contributed by atoms with Crippen molar-refractivity contribution < 1.29 is 4.79 Å². The lowest BCUT2D eigenvalue weighted by molar-refractivity contribution is 0.0962. The van der Waals surface area contributed by atoms with Crippen LogP contribution in [0, 0.1) is 0 Å². The Labute approximate surface area is 110 Å². The van der Waals surface area contributed by atoms with Gasteiger partial charge in [0.1, 0.15) is 5.82 Å². The lowest BCUT2D eigenvalue weighted by atomic mass is 10.0. The molecule has 0 amide bonds. The summed E-state index contributed by atoms with van der Waals surface area (Å²) in [6, 6.07) is 15.6. The van der Waals surface area contributed by atoms with E-state index in [9.17, 15) is 4.79 Å². The van der Waals surface area contributed by atoms with E-state index in [0.717, 1.165) is 40.8 Å². The van der Waals surface area contributed by atoms with E-state index in [4.69, 9.17) is 0 Å². The lowest BCUT2D eigenvalue weighted by Crippen LogP contribution is -2.13. The van der Waals surface area contributed by atoms with Gasteiger partial charge in [-0.1, -0.05) is 30.3 Å². The quantitative estimate of drug-likeness (QED) is 0.613. The fourth-order valence-electron chi connectivity index (χ4n) is 2.78. The second-order valence-electron chi connectivity index (χ2n) is 4.81. The fourth-order valence-corrected chi connectivity index (χ4v) is 2.78. The van der Waals surface area contributed by atoms with Crippen LogP contribution in [-0.2, 0) is 12.8 Å². The van der Waals surface area contributed by atoms with Gasteiger partial charge in [0, 0.05) is 12.0 Å². The molecule has 3 aromatic rings. The van der Waals surface area contributed by atoms with Crippen molar-refractivity contribution in [2.75, 3.05) is 0 Å². The van der Waals surface area contributed by atoms with Crippen molar-refractivity contribution in [3.8, 4) is 0 Å². The third-order valence-corrected chi connectivity index (χ3v) is 3.70. The van der Waals surface area contributed by atoms with E-state index in [1.165, 1.54) is 0 Å². The van der Waals surface area contributed by atoms with Crippen molar-refractivity contribution in [1.29, 1.82) is 0 Å². The van der Waals surface area contributed by atoms with E-state index in [1.807, 2.05) is 48.5 Å². The average Bonchev–Trinajstić information content (AvgIpc) is 2.76. The van der Waals surface area contributed by atoms with Gasteiger partial charge >= 0.3 is 0 Å². The van der Waals surface area contributed by atoms with E-state index >= 15 is 0 Å². The summed E-state index contributed by atoms with van der Waals surface area (Å²) in [7, 11) is 0. The predicted octanol–water partition coefficient (Wildman–Crippen LogP) is 2.82. The van der Waals surface area contributed by atoms with Gasteiger partial charge < -0.3 is 0 Å². The van der Waals surface area contributed by atoms with Crippen molar-refractivity contribution >= 4 is 16.9 Å². The molecule has 0 saturated heterocycles. The first-order valence-electron chi connectivity index (χ1n) is 6.43. The third kappa shape index (κ3) is 1.45. The zero-order valence-electron chi connectivity index (χ0n) is 10.3. The zero-order chi connectivity index (χ0) is 12.8. The third-order valence-electron chi connectivity index (χ3n) is 3.70. The number of fused-ring (bicyclic) bond motifs is 4.